The highest BCUT2D eigenvalue weighted by molar-refractivity contribution is 8.13. The van der Waals surface area contributed by atoms with Gasteiger partial charge in [0.05, 0.1) is 13.2 Å². The molecule has 0 aromatic heterocycles. The lowest BCUT2D eigenvalue weighted by Crippen LogP contribution is -2.32. The van der Waals surface area contributed by atoms with Crippen molar-refractivity contribution in [1.29, 1.82) is 0 Å². The van der Waals surface area contributed by atoms with E-state index in [2.05, 4.69) is 0 Å². The molecule has 1 heterocycles. The summed E-state index contributed by atoms with van der Waals surface area (Å²) >= 11 is 1.41. The van der Waals surface area contributed by atoms with E-state index in [1.54, 1.807) is 0 Å². The smallest absolute Gasteiger partial charge is 0.281 e. The highest BCUT2D eigenvalue weighted by Crippen LogP contribution is 2.24. The maximum atomic E-state index is 11.7. The predicted octanol–water partition coefficient (Wildman–Crippen LogP) is 3.14. The second kappa shape index (κ2) is 5.96. The van der Waals surface area contributed by atoms with Gasteiger partial charge < -0.3 is 9.64 Å². The fourth-order valence-corrected chi connectivity index (χ4v) is 2.66. The van der Waals surface area contributed by atoms with E-state index in [0.717, 1.165) is 30.0 Å². The average molecular weight is 251 g/mol. The van der Waals surface area contributed by atoms with Crippen molar-refractivity contribution in [3.63, 3.8) is 0 Å². The van der Waals surface area contributed by atoms with Crippen LogP contribution in [0.2, 0.25) is 0 Å². The fraction of sp³-hybridized carbons (Fsp3) is 0.462. The number of ether oxygens (including phenoxy) is 1. The van der Waals surface area contributed by atoms with E-state index in [9.17, 15) is 4.79 Å². The number of nitrogens with zero attached hydrogens (tertiary/aromatic N) is 1. The lowest BCUT2D eigenvalue weighted by atomic mass is 10.2. The lowest BCUT2D eigenvalue weighted by Gasteiger charge is -2.26. The van der Waals surface area contributed by atoms with Crippen molar-refractivity contribution < 1.29 is 9.53 Å². The summed E-state index contributed by atoms with van der Waals surface area (Å²) in [6, 6.07) is 7.93. The lowest BCUT2D eigenvalue weighted by molar-refractivity contribution is 0.217. The molecule has 0 radical (unpaired) electrons. The van der Waals surface area contributed by atoms with Gasteiger partial charge in [0.2, 0.25) is 0 Å². The van der Waals surface area contributed by atoms with E-state index in [-0.39, 0.29) is 5.24 Å². The van der Waals surface area contributed by atoms with Crippen LogP contribution < -0.4 is 4.74 Å². The first-order valence-electron chi connectivity index (χ1n) is 5.93. The van der Waals surface area contributed by atoms with Crippen molar-refractivity contribution in [3.05, 3.63) is 29.8 Å². The molecule has 0 atom stereocenters. The maximum absolute atomic E-state index is 11.7. The molecule has 4 heteroatoms. The molecule has 2 rings (SSSR count). The van der Waals surface area contributed by atoms with Gasteiger partial charge in [-0.3, -0.25) is 4.79 Å². The van der Waals surface area contributed by atoms with Gasteiger partial charge in [-0.05, 0) is 19.4 Å². The summed E-state index contributed by atoms with van der Waals surface area (Å²) in [4.78, 5) is 13.6. The molecule has 1 saturated heterocycles. The standard InChI is InChI=1S/C13H17NO2S/c1-2-16-12-7-4-3-6-11(12)10-14-8-5-9-17-13(14)15/h3-4,6-7H,2,5,8-10H2,1H3. The minimum absolute atomic E-state index is 0.183. The van der Waals surface area contributed by atoms with E-state index in [1.165, 1.54) is 11.8 Å². The zero-order chi connectivity index (χ0) is 12.1. The Kier molecular flexibility index (Phi) is 4.31. The zero-order valence-corrected chi connectivity index (χ0v) is 10.8. The van der Waals surface area contributed by atoms with Crippen molar-refractivity contribution in [3.8, 4) is 5.75 Å². The van der Waals surface area contributed by atoms with Gasteiger partial charge in [-0.2, -0.15) is 0 Å². The molecular weight excluding hydrogens is 234 g/mol. The van der Waals surface area contributed by atoms with Crippen LogP contribution in [0, 0.1) is 0 Å². The van der Waals surface area contributed by atoms with E-state index < -0.39 is 0 Å². The van der Waals surface area contributed by atoms with Gasteiger partial charge in [0.1, 0.15) is 5.75 Å². The highest BCUT2D eigenvalue weighted by Gasteiger charge is 2.19. The number of hydrogen-bond acceptors (Lipinski definition) is 3. The zero-order valence-electron chi connectivity index (χ0n) is 10.0. The topological polar surface area (TPSA) is 29.5 Å². The van der Waals surface area contributed by atoms with Crippen molar-refractivity contribution in [2.75, 3.05) is 18.9 Å². The van der Waals surface area contributed by atoms with Gasteiger partial charge in [-0.15, -0.1) is 0 Å². The van der Waals surface area contributed by atoms with E-state index in [0.29, 0.717) is 13.2 Å². The van der Waals surface area contributed by atoms with Crippen molar-refractivity contribution in [1.82, 2.24) is 4.90 Å². The Balaban J connectivity index is 2.09. The molecule has 0 unspecified atom stereocenters. The monoisotopic (exact) mass is 251 g/mol. The van der Waals surface area contributed by atoms with Crippen LogP contribution in [0.3, 0.4) is 0 Å². The Morgan fingerprint density at radius 1 is 1.41 bits per heavy atom. The van der Waals surface area contributed by atoms with Crippen LogP contribution in [0.15, 0.2) is 24.3 Å². The van der Waals surface area contributed by atoms with Gasteiger partial charge in [0, 0.05) is 17.9 Å². The third-order valence-corrected chi connectivity index (χ3v) is 3.69. The van der Waals surface area contributed by atoms with Crippen molar-refractivity contribution >= 4 is 17.0 Å². The van der Waals surface area contributed by atoms with E-state index in [4.69, 9.17) is 4.74 Å². The highest BCUT2D eigenvalue weighted by atomic mass is 32.2. The molecule has 0 bridgehead atoms. The van der Waals surface area contributed by atoms with Gasteiger partial charge in [0.25, 0.3) is 5.24 Å². The molecule has 1 amide bonds. The number of amides is 1. The summed E-state index contributed by atoms with van der Waals surface area (Å²) in [5.41, 5.74) is 1.09. The van der Waals surface area contributed by atoms with E-state index in [1.807, 2.05) is 36.1 Å². The van der Waals surface area contributed by atoms with Crippen LogP contribution in [0.25, 0.3) is 0 Å². The Morgan fingerprint density at radius 2 is 2.24 bits per heavy atom. The Bertz CT molecular complexity index is 395. The summed E-state index contributed by atoms with van der Waals surface area (Å²) < 4.78 is 5.57. The molecule has 17 heavy (non-hydrogen) atoms. The number of benzene rings is 1. The SMILES string of the molecule is CCOc1ccccc1CN1CCCSC1=O. The van der Waals surface area contributed by atoms with Gasteiger partial charge in [0.15, 0.2) is 0 Å². The molecule has 0 N–H and O–H groups in total. The third-order valence-electron chi connectivity index (χ3n) is 2.69. The summed E-state index contributed by atoms with van der Waals surface area (Å²) in [6.07, 6.45) is 1.08. The van der Waals surface area contributed by atoms with Gasteiger partial charge in [-0.1, -0.05) is 30.0 Å². The number of thioether (sulfide) groups is 1. The van der Waals surface area contributed by atoms with Gasteiger partial charge in [-0.25, -0.2) is 0 Å². The number of hydrogen-bond donors (Lipinski definition) is 0. The first kappa shape index (κ1) is 12.3. The van der Waals surface area contributed by atoms with Crippen LogP contribution in [-0.4, -0.2) is 29.0 Å². The quantitative estimate of drug-likeness (QED) is 0.823. The van der Waals surface area contributed by atoms with Crippen molar-refractivity contribution in [2.45, 2.75) is 19.9 Å². The fourth-order valence-electron chi connectivity index (χ4n) is 1.88. The second-order valence-electron chi connectivity index (χ2n) is 3.93. The molecule has 1 aliphatic heterocycles. The first-order chi connectivity index (χ1) is 8.31. The molecule has 92 valence electrons. The summed E-state index contributed by atoms with van der Waals surface area (Å²) in [5.74, 6) is 1.83. The minimum Gasteiger partial charge on any atom is -0.494 e. The van der Waals surface area contributed by atoms with Crippen LogP contribution in [0.4, 0.5) is 4.79 Å². The molecule has 0 aliphatic carbocycles. The number of para-hydroxylation sites is 1. The average Bonchev–Trinajstić information content (AvgIpc) is 2.35. The third kappa shape index (κ3) is 3.16. The number of carbonyl (C=O) groups is 1. The molecular formula is C13H17NO2S. The molecule has 1 aliphatic rings. The Labute approximate surface area is 106 Å². The van der Waals surface area contributed by atoms with Crippen molar-refractivity contribution in [2.24, 2.45) is 0 Å². The molecule has 0 spiro atoms. The Hall–Kier alpha value is -1.16. The molecule has 0 saturated carbocycles. The van der Waals surface area contributed by atoms with Crippen LogP contribution >= 0.6 is 11.8 Å². The largest absolute Gasteiger partial charge is 0.494 e. The molecule has 3 nitrogen and oxygen atoms in total. The summed E-state index contributed by atoms with van der Waals surface area (Å²) in [5, 5.41) is 0.183. The second-order valence-corrected chi connectivity index (χ2v) is 4.98. The maximum Gasteiger partial charge on any atom is 0.281 e. The molecule has 1 fully saturated rings. The van der Waals surface area contributed by atoms with Crippen LogP contribution in [0.1, 0.15) is 18.9 Å². The number of rotatable bonds is 4. The van der Waals surface area contributed by atoms with Gasteiger partial charge >= 0.3 is 0 Å². The molecule has 1 aromatic rings. The predicted molar refractivity (Wildman–Crippen MR) is 70.5 cm³/mol. The van der Waals surface area contributed by atoms with Crippen LogP contribution in [0.5, 0.6) is 5.75 Å². The normalized spacial score (nSPS) is 16.1. The van der Waals surface area contributed by atoms with E-state index >= 15 is 0 Å². The summed E-state index contributed by atoms with van der Waals surface area (Å²) in [7, 11) is 0. The minimum atomic E-state index is 0.183. The Morgan fingerprint density at radius 3 is 3.00 bits per heavy atom. The summed E-state index contributed by atoms with van der Waals surface area (Å²) in [6.45, 7) is 4.13. The molecule has 1 aromatic carbocycles. The van der Waals surface area contributed by atoms with Crippen LogP contribution in [-0.2, 0) is 6.54 Å². The first-order valence-corrected chi connectivity index (χ1v) is 6.92. The number of carbonyl (C=O) groups excluding carboxylic acids is 1.